The zero-order chi connectivity index (χ0) is 24.9. The summed E-state index contributed by atoms with van der Waals surface area (Å²) in [4.78, 5) is 17.1. The molecule has 0 aliphatic carbocycles. The van der Waals surface area contributed by atoms with Crippen molar-refractivity contribution < 1.29 is 9.53 Å². The molecule has 3 aromatic rings. The van der Waals surface area contributed by atoms with Crippen molar-refractivity contribution in [2.45, 2.75) is 20.4 Å². The van der Waals surface area contributed by atoms with E-state index in [0.717, 1.165) is 60.1 Å². The average Bonchev–Trinajstić information content (AvgIpc) is 2.83. The summed E-state index contributed by atoms with van der Waals surface area (Å²) in [7, 11) is 0. The normalized spacial score (nSPS) is 14.1. The average molecular weight is 533 g/mol. The van der Waals surface area contributed by atoms with Crippen LogP contribution in [-0.4, -0.2) is 43.6 Å². The Kier molecular flexibility index (Phi) is 8.45. The van der Waals surface area contributed by atoms with Gasteiger partial charge >= 0.3 is 0 Å². The number of carbonyl (C=O) groups is 1. The van der Waals surface area contributed by atoms with Crippen LogP contribution in [0.5, 0.6) is 5.75 Å². The number of hydrogen-bond donors (Lipinski definition) is 1. The molecule has 1 N–H and O–H groups in total. The monoisotopic (exact) mass is 531 g/mol. The van der Waals surface area contributed by atoms with E-state index in [-0.39, 0.29) is 12.5 Å². The molecule has 184 valence electrons. The lowest BCUT2D eigenvalue weighted by Crippen LogP contribution is -2.46. The predicted molar refractivity (Wildman–Crippen MR) is 145 cm³/mol. The summed E-state index contributed by atoms with van der Waals surface area (Å²) in [5.41, 5.74) is 4.56. The van der Waals surface area contributed by atoms with E-state index in [1.54, 1.807) is 6.07 Å². The van der Waals surface area contributed by atoms with Gasteiger partial charge in [-0.3, -0.25) is 9.69 Å². The Hall–Kier alpha value is -2.44. The number of ether oxygens (including phenoxy) is 1. The van der Waals surface area contributed by atoms with E-state index in [2.05, 4.69) is 21.2 Å². The largest absolute Gasteiger partial charge is 0.484 e. The molecule has 1 saturated heterocycles. The van der Waals surface area contributed by atoms with Gasteiger partial charge in [-0.1, -0.05) is 53.0 Å². The van der Waals surface area contributed by atoms with Crippen molar-refractivity contribution in [2.24, 2.45) is 0 Å². The fourth-order valence-corrected chi connectivity index (χ4v) is 4.80. The maximum absolute atomic E-state index is 12.4. The van der Waals surface area contributed by atoms with Gasteiger partial charge in [-0.25, -0.2) is 0 Å². The van der Waals surface area contributed by atoms with Gasteiger partial charge in [0.2, 0.25) is 0 Å². The van der Waals surface area contributed by atoms with Gasteiger partial charge < -0.3 is 15.0 Å². The summed E-state index contributed by atoms with van der Waals surface area (Å²) in [6.07, 6.45) is 0. The zero-order valence-corrected chi connectivity index (χ0v) is 22.1. The van der Waals surface area contributed by atoms with E-state index in [0.29, 0.717) is 21.5 Å². The van der Waals surface area contributed by atoms with E-state index < -0.39 is 0 Å². The molecular weight excluding hydrogens is 505 g/mol. The first-order valence-corrected chi connectivity index (χ1v) is 12.6. The van der Waals surface area contributed by atoms with E-state index in [4.69, 9.17) is 39.5 Å². The molecule has 5 nitrogen and oxygen atoms in total. The van der Waals surface area contributed by atoms with E-state index in [9.17, 15) is 4.79 Å². The van der Waals surface area contributed by atoms with Crippen LogP contribution in [0.2, 0.25) is 15.1 Å². The highest BCUT2D eigenvalue weighted by Crippen LogP contribution is 2.30. The molecule has 0 aromatic heterocycles. The van der Waals surface area contributed by atoms with Crippen molar-refractivity contribution in [3.63, 3.8) is 0 Å². The number of amides is 1. The minimum Gasteiger partial charge on any atom is -0.484 e. The smallest absolute Gasteiger partial charge is 0.262 e. The summed E-state index contributed by atoms with van der Waals surface area (Å²) in [6, 6.07) is 17.2. The van der Waals surface area contributed by atoms with Crippen LogP contribution in [-0.2, 0) is 11.3 Å². The molecule has 1 amide bonds. The predicted octanol–water partition coefficient (Wildman–Crippen LogP) is 6.60. The fourth-order valence-electron chi connectivity index (χ4n) is 4.19. The molecule has 1 aliphatic rings. The summed E-state index contributed by atoms with van der Waals surface area (Å²) < 4.78 is 5.64. The lowest BCUT2D eigenvalue weighted by Gasteiger charge is -2.36. The van der Waals surface area contributed by atoms with Gasteiger partial charge in [0.25, 0.3) is 5.91 Å². The first-order chi connectivity index (χ1) is 16.8. The molecule has 8 heteroatoms. The molecule has 1 fully saturated rings. The summed E-state index contributed by atoms with van der Waals surface area (Å²) in [6.45, 7) is 8.11. The second kappa shape index (κ2) is 11.5. The lowest BCUT2D eigenvalue weighted by molar-refractivity contribution is -0.118. The van der Waals surface area contributed by atoms with Gasteiger partial charge in [0.1, 0.15) is 5.75 Å². The minimum atomic E-state index is -0.257. The maximum atomic E-state index is 12.4. The van der Waals surface area contributed by atoms with E-state index in [1.807, 2.05) is 56.3 Å². The second-order valence-electron chi connectivity index (χ2n) is 8.73. The Balaban J connectivity index is 1.29. The van der Waals surface area contributed by atoms with Crippen molar-refractivity contribution in [1.29, 1.82) is 0 Å². The maximum Gasteiger partial charge on any atom is 0.262 e. The summed E-state index contributed by atoms with van der Waals surface area (Å²) in [5, 5.41) is 4.97. The Morgan fingerprint density at radius 2 is 1.60 bits per heavy atom. The molecule has 0 saturated carbocycles. The summed E-state index contributed by atoms with van der Waals surface area (Å²) in [5.74, 6) is 0.355. The molecule has 1 heterocycles. The Labute approximate surface area is 221 Å². The fraction of sp³-hybridized carbons (Fsp3) is 0.296. The zero-order valence-electron chi connectivity index (χ0n) is 19.8. The molecular formula is C27H28Cl3N3O2. The number of benzene rings is 3. The van der Waals surface area contributed by atoms with E-state index in [1.165, 1.54) is 0 Å². The lowest BCUT2D eigenvalue weighted by atomic mass is 10.1. The number of aryl methyl sites for hydroxylation is 2. The Morgan fingerprint density at radius 3 is 2.26 bits per heavy atom. The van der Waals surface area contributed by atoms with Gasteiger partial charge in [0.15, 0.2) is 6.61 Å². The van der Waals surface area contributed by atoms with Gasteiger partial charge in [-0.15, -0.1) is 0 Å². The highest BCUT2D eigenvalue weighted by atomic mass is 35.5. The molecule has 0 unspecified atom stereocenters. The molecule has 1 aliphatic heterocycles. The highest BCUT2D eigenvalue weighted by molar-refractivity contribution is 6.33. The van der Waals surface area contributed by atoms with Gasteiger partial charge in [0.05, 0.1) is 10.7 Å². The van der Waals surface area contributed by atoms with Crippen LogP contribution >= 0.6 is 34.8 Å². The molecule has 4 rings (SSSR count). The number of hydrogen-bond acceptors (Lipinski definition) is 4. The third kappa shape index (κ3) is 6.62. The van der Waals surface area contributed by atoms with Crippen molar-refractivity contribution in [1.82, 2.24) is 4.90 Å². The van der Waals surface area contributed by atoms with Crippen LogP contribution in [0.15, 0.2) is 54.6 Å². The van der Waals surface area contributed by atoms with Crippen molar-refractivity contribution in [3.8, 4) is 5.75 Å². The Morgan fingerprint density at radius 1 is 0.914 bits per heavy atom. The van der Waals surface area contributed by atoms with Crippen LogP contribution in [0.1, 0.15) is 16.7 Å². The number of carbonyl (C=O) groups excluding carboxylic acids is 1. The molecule has 0 atom stereocenters. The summed E-state index contributed by atoms with van der Waals surface area (Å²) >= 11 is 19.1. The minimum absolute atomic E-state index is 0.104. The molecule has 0 radical (unpaired) electrons. The third-order valence-corrected chi connectivity index (χ3v) is 7.34. The topological polar surface area (TPSA) is 44.8 Å². The van der Waals surface area contributed by atoms with E-state index >= 15 is 0 Å². The quantitative estimate of drug-likeness (QED) is 0.372. The molecule has 0 spiro atoms. The number of halogens is 3. The van der Waals surface area contributed by atoms with Gasteiger partial charge in [-0.05, 0) is 66.9 Å². The first kappa shape index (κ1) is 25.6. The van der Waals surface area contributed by atoms with Crippen LogP contribution < -0.4 is 15.0 Å². The van der Waals surface area contributed by atoms with Crippen molar-refractivity contribution in [2.75, 3.05) is 43.0 Å². The highest BCUT2D eigenvalue weighted by Gasteiger charge is 2.20. The van der Waals surface area contributed by atoms with Crippen LogP contribution in [0.3, 0.4) is 0 Å². The van der Waals surface area contributed by atoms with Crippen LogP contribution in [0, 0.1) is 13.8 Å². The number of piperazine rings is 1. The van der Waals surface area contributed by atoms with Gasteiger partial charge in [0, 0.05) is 48.5 Å². The number of anilines is 2. The number of rotatable bonds is 7. The molecule has 35 heavy (non-hydrogen) atoms. The standard InChI is InChI=1S/C27H28Cl3N3O2/c1-18-13-22(14-19(2)27(18)30)35-17-26(34)31-21-7-8-25(24(29)15-21)33-11-9-32(10-12-33)16-20-5-3-4-6-23(20)28/h3-8,13-15H,9-12,16-17H2,1-2H3,(H,31,34). The van der Waals surface area contributed by atoms with Crippen LogP contribution in [0.4, 0.5) is 11.4 Å². The number of nitrogens with zero attached hydrogens (tertiary/aromatic N) is 2. The second-order valence-corrected chi connectivity index (χ2v) is 9.92. The van der Waals surface area contributed by atoms with Crippen LogP contribution in [0.25, 0.3) is 0 Å². The third-order valence-electron chi connectivity index (χ3n) is 6.08. The van der Waals surface area contributed by atoms with Crippen molar-refractivity contribution >= 4 is 52.1 Å². The first-order valence-electron chi connectivity index (χ1n) is 11.5. The molecule has 3 aromatic carbocycles. The number of nitrogens with one attached hydrogen (secondary N) is 1. The van der Waals surface area contributed by atoms with Crippen molar-refractivity contribution in [3.05, 3.63) is 86.4 Å². The SMILES string of the molecule is Cc1cc(OCC(=O)Nc2ccc(N3CCN(Cc4ccccc4Cl)CC3)c(Cl)c2)cc(C)c1Cl. The molecule has 0 bridgehead atoms. The van der Waals surface area contributed by atoms with Gasteiger partial charge in [-0.2, -0.15) is 0 Å². The Bertz CT molecular complexity index is 1190.